The zero-order valence-corrected chi connectivity index (χ0v) is 10.0. The van der Waals surface area contributed by atoms with E-state index in [0.29, 0.717) is 0 Å². The lowest BCUT2D eigenvalue weighted by Crippen LogP contribution is -1.94. The lowest BCUT2D eigenvalue weighted by atomic mass is 10.1. The van der Waals surface area contributed by atoms with E-state index in [0.717, 1.165) is 35.6 Å². The Balaban J connectivity index is 2.17. The van der Waals surface area contributed by atoms with Crippen LogP contribution in [0.15, 0.2) is 48.5 Å². The zero-order chi connectivity index (χ0) is 12.1. The monoisotopic (exact) mass is 227 g/mol. The van der Waals surface area contributed by atoms with Crippen LogP contribution in [0.3, 0.4) is 0 Å². The largest absolute Gasteiger partial charge is 0.494 e. The number of rotatable bonds is 4. The predicted octanol–water partition coefficient (Wildman–Crippen LogP) is 3.72. The SMILES string of the molecule is CCCOc1ccc(-c2cccc(N)c2)cc1. The lowest BCUT2D eigenvalue weighted by molar-refractivity contribution is 0.317. The highest BCUT2D eigenvalue weighted by Crippen LogP contribution is 2.23. The molecule has 0 aliphatic rings. The van der Waals surface area contributed by atoms with Crippen molar-refractivity contribution < 1.29 is 4.74 Å². The molecule has 0 bridgehead atoms. The van der Waals surface area contributed by atoms with Crippen molar-refractivity contribution in [2.45, 2.75) is 13.3 Å². The van der Waals surface area contributed by atoms with Gasteiger partial charge in [-0.25, -0.2) is 0 Å². The van der Waals surface area contributed by atoms with Gasteiger partial charge in [0.2, 0.25) is 0 Å². The number of hydrogen-bond donors (Lipinski definition) is 1. The summed E-state index contributed by atoms with van der Waals surface area (Å²) < 4.78 is 5.55. The topological polar surface area (TPSA) is 35.2 Å². The molecule has 88 valence electrons. The highest BCUT2D eigenvalue weighted by molar-refractivity contribution is 5.67. The Bertz CT molecular complexity index is 477. The van der Waals surface area contributed by atoms with E-state index >= 15 is 0 Å². The molecule has 2 rings (SSSR count). The molecule has 2 aromatic rings. The van der Waals surface area contributed by atoms with Gasteiger partial charge in [0.25, 0.3) is 0 Å². The molecule has 0 heterocycles. The maximum atomic E-state index is 5.77. The van der Waals surface area contributed by atoms with Crippen LogP contribution in [0.1, 0.15) is 13.3 Å². The van der Waals surface area contributed by atoms with E-state index in [1.807, 2.05) is 30.3 Å². The van der Waals surface area contributed by atoms with Crippen LogP contribution in [-0.2, 0) is 0 Å². The van der Waals surface area contributed by atoms with Crippen molar-refractivity contribution in [3.05, 3.63) is 48.5 Å². The van der Waals surface area contributed by atoms with Crippen LogP contribution >= 0.6 is 0 Å². The highest BCUT2D eigenvalue weighted by atomic mass is 16.5. The molecular formula is C15H17NO. The molecule has 2 nitrogen and oxygen atoms in total. The molecule has 0 aliphatic heterocycles. The maximum Gasteiger partial charge on any atom is 0.119 e. The van der Waals surface area contributed by atoms with E-state index in [4.69, 9.17) is 10.5 Å². The number of nitrogens with two attached hydrogens (primary N) is 1. The van der Waals surface area contributed by atoms with Gasteiger partial charge in [-0.1, -0.05) is 31.2 Å². The van der Waals surface area contributed by atoms with Gasteiger partial charge in [0.15, 0.2) is 0 Å². The Morgan fingerprint density at radius 1 is 1.00 bits per heavy atom. The molecule has 0 spiro atoms. The van der Waals surface area contributed by atoms with Crippen molar-refractivity contribution in [3.8, 4) is 16.9 Å². The van der Waals surface area contributed by atoms with Crippen molar-refractivity contribution in [2.75, 3.05) is 12.3 Å². The second-order valence-electron chi connectivity index (χ2n) is 4.00. The van der Waals surface area contributed by atoms with Gasteiger partial charge in [-0.05, 0) is 41.8 Å². The quantitative estimate of drug-likeness (QED) is 0.808. The third-order valence-corrected chi connectivity index (χ3v) is 2.55. The molecule has 2 aromatic carbocycles. The van der Waals surface area contributed by atoms with Crippen LogP contribution in [0.5, 0.6) is 5.75 Å². The number of benzene rings is 2. The van der Waals surface area contributed by atoms with E-state index < -0.39 is 0 Å². The predicted molar refractivity (Wildman–Crippen MR) is 72.1 cm³/mol. The Hall–Kier alpha value is -1.96. The highest BCUT2D eigenvalue weighted by Gasteiger charge is 1.98. The van der Waals surface area contributed by atoms with Crippen molar-refractivity contribution in [1.82, 2.24) is 0 Å². The lowest BCUT2D eigenvalue weighted by Gasteiger charge is -2.06. The standard InChI is InChI=1S/C15H17NO/c1-2-10-17-15-8-6-12(7-9-15)13-4-3-5-14(16)11-13/h3-9,11H,2,10,16H2,1H3. The first-order chi connectivity index (χ1) is 8.29. The van der Waals surface area contributed by atoms with Crippen LogP contribution in [0.2, 0.25) is 0 Å². The van der Waals surface area contributed by atoms with Gasteiger partial charge in [-0.2, -0.15) is 0 Å². The minimum absolute atomic E-state index is 0.762. The van der Waals surface area contributed by atoms with E-state index in [1.54, 1.807) is 0 Å². The summed E-state index contributed by atoms with van der Waals surface area (Å²) in [6.45, 7) is 2.86. The van der Waals surface area contributed by atoms with Crippen LogP contribution in [0.25, 0.3) is 11.1 Å². The number of hydrogen-bond acceptors (Lipinski definition) is 2. The average Bonchev–Trinajstić information content (AvgIpc) is 2.37. The van der Waals surface area contributed by atoms with Gasteiger partial charge in [0.1, 0.15) is 5.75 Å². The van der Waals surface area contributed by atoms with Crippen LogP contribution in [0.4, 0.5) is 5.69 Å². The third-order valence-electron chi connectivity index (χ3n) is 2.55. The van der Waals surface area contributed by atoms with Gasteiger partial charge >= 0.3 is 0 Å². The number of ether oxygens (including phenoxy) is 1. The first-order valence-electron chi connectivity index (χ1n) is 5.88. The fourth-order valence-corrected chi connectivity index (χ4v) is 1.68. The summed E-state index contributed by atoms with van der Waals surface area (Å²) in [7, 11) is 0. The smallest absolute Gasteiger partial charge is 0.119 e. The normalized spacial score (nSPS) is 10.2. The molecule has 0 fully saturated rings. The minimum Gasteiger partial charge on any atom is -0.494 e. The van der Waals surface area contributed by atoms with Crippen LogP contribution in [-0.4, -0.2) is 6.61 Å². The first kappa shape index (κ1) is 11.5. The Labute approximate surface area is 102 Å². The second kappa shape index (κ2) is 5.39. The Morgan fingerprint density at radius 2 is 1.76 bits per heavy atom. The summed E-state index contributed by atoms with van der Waals surface area (Å²) in [4.78, 5) is 0. The fourth-order valence-electron chi connectivity index (χ4n) is 1.68. The molecule has 2 N–H and O–H groups in total. The molecule has 0 aromatic heterocycles. The molecule has 2 heteroatoms. The average molecular weight is 227 g/mol. The van der Waals surface area contributed by atoms with Crippen molar-refractivity contribution in [3.63, 3.8) is 0 Å². The van der Waals surface area contributed by atoms with Crippen molar-refractivity contribution in [2.24, 2.45) is 0 Å². The summed E-state index contributed by atoms with van der Waals surface area (Å²) in [5.41, 5.74) is 8.84. The van der Waals surface area contributed by atoms with E-state index in [2.05, 4.69) is 25.1 Å². The summed E-state index contributed by atoms with van der Waals surface area (Å²) in [6, 6.07) is 16.0. The summed E-state index contributed by atoms with van der Waals surface area (Å²) in [6.07, 6.45) is 1.02. The van der Waals surface area contributed by atoms with Crippen LogP contribution in [0, 0.1) is 0 Å². The second-order valence-corrected chi connectivity index (χ2v) is 4.00. The Kier molecular flexibility index (Phi) is 3.66. The van der Waals surface area contributed by atoms with Gasteiger partial charge in [0.05, 0.1) is 6.61 Å². The first-order valence-corrected chi connectivity index (χ1v) is 5.88. The fraction of sp³-hybridized carbons (Fsp3) is 0.200. The maximum absolute atomic E-state index is 5.77. The van der Waals surface area contributed by atoms with Crippen molar-refractivity contribution in [1.29, 1.82) is 0 Å². The molecule has 0 saturated heterocycles. The summed E-state index contributed by atoms with van der Waals surface area (Å²) in [5, 5.41) is 0. The number of anilines is 1. The van der Waals surface area contributed by atoms with Gasteiger partial charge in [-0.15, -0.1) is 0 Å². The summed E-state index contributed by atoms with van der Waals surface area (Å²) in [5.74, 6) is 0.916. The van der Waals surface area contributed by atoms with Gasteiger partial charge in [0, 0.05) is 5.69 Å². The van der Waals surface area contributed by atoms with E-state index in [1.165, 1.54) is 0 Å². The van der Waals surface area contributed by atoms with Crippen molar-refractivity contribution >= 4 is 5.69 Å². The Morgan fingerprint density at radius 3 is 2.41 bits per heavy atom. The minimum atomic E-state index is 0.762. The molecule has 0 unspecified atom stereocenters. The van der Waals surface area contributed by atoms with Crippen LogP contribution < -0.4 is 10.5 Å². The molecule has 0 radical (unpaired) electrons. The zero-order valence-electron chi connectivity index (χ0n) is 10.0. The molecule has 17 heavy (non-hydrogen) atoms. The third kappa shape index (κ3) is 3.00. The molecule has 0 amide bonds. The molecule has 0 aliphatic carbocycles. The van der Waals surface area contributed by atoms with E-state index in [-0.39, 0.29) is 0 Å². The molecule has 0 atom stereocenters. The molecular weight excluding hydrogens is 210 g/mol. The summed E-state index contributed by atoms with van der Waals surface area (Å²) >= 11 is 0. The van der Waals surface area contributed by atoms with Gasteiger partial charge < -0.3 is 10.5 Å². The van der Waals surface area contributed by atoms with E-state index in [9.17, 15) is 0 Å². The molecule has 0 saturated carbocycles. The van der Waals surface area contributed by atoms with Gasteiger partial charge in [-0.3, -0.25) is 0 Å². The number of nitrogen functional groups attached to an aromatic ring is 1.